The van der Waals surface area contributed by atoms with Crippen molar-refractivity contribution >= 4 is 17.4 Å². The maximum Gasteiger partial charge on any atom is 0.259 e. The molecule has 1 amide bonds. The van der Waals surface area contributed by atoms with Crippen molar-refractivity contribution in [3.8, 4) is 17.2 Å². The molecule has 7 nitrogen and oxygen atoms in total. The molecule has 0 radical (unpaired) electrons. The summed E-state index contributed by atoms with van der Waals surface area (Å²) < 4.78 is 15.9. The SMILES string of the molecule is COc1ccc(C(=O)Nc2ccc(N3CCCC3)nc2)c(OC)c1OC. The molecule has 0 spiro atoms. The summed E-state index contributed by atoms with van der Waals surface area (Å²) >= 11 is 0. The van der Waals surface area contributed by atoms with Gasteiger partial charge in [0, 0.05) is 13.1 Å². The van der Waals surface area contributed by atoms with Crippen molar-refractivity contribution in [1.82, 2.24) is 4.98 Å². The lowest BCUT2D eigenvalue weighted by Crippen LogP contribution is -2.19. The number of nitrogens with zero attached hydrogens (tertiary/aromatic N) is 2. The third kappa shape index (κ3) is 3.51. The van der Waals surface area contributed by atoms with Gasteiger partial charge in [0.2, 0.25) is 5.75 Å². The van der Waals surface area contributed by atoms with Crippen molar-refractivity contribution in [2.75, 3.05) is 44.6 Å². The zero-order chi connectivity index (χ0) is 18.5. The van der Waals surface area contributed by atoms with Crippen molar-refractivity contribution < 1.29 is 19.0 Å². The average Bonchev–Trinajstić information content (AvgIpc) is 3.21. The summed E-state index contributed by atoms with van der Waals surface area (Å²) in [6, 6.07) is 7.09. The van der Waals surface area contributed by atoms with Gasteiger partial charge in [-0.05, 0) is 37.1 Å². The van der Waals surface area contributed by atoms with Crippen molar-refractivity contribution in [2.24, 2.45) is 0 Å². The van der Waals surface area contributed by atoms with E-state index in [1.165, 1.54) is 34.2 Å². The normalized spacial score (nSPS) is 13.4. The number of methoxy groups -OCH3 is 3. The zero-order valence-corrected chi connectivity index (χ0v) is 15.2. The second kappa shape index (κ2) is 7.95. The van der Waals surface area contributed by atoms with E-state index in [1.807, 2.05) is 12.1 Å². The summed E-state index contributed by atoms with van der Waals surface area (Å²) in [5, 5.41) is 2.84. The topological polar surface area (TPSA) is 72.9 Å². The lowest BCUT2D eigenvalue weighted by atomic mass is 10.1. The average molecular weight is 357 g/mol. The summed E-state index contributed by atoms with van der Waals surface area (Å²) in [4.78, 5) is 19.4. The van der Waals surface area contributed by atoms with Gasteiger partial charge in [-0.2, -0.15) is 0 Å². The van der Waals surface area contributed by atoms with Crippen LogP contribution >= 0.6 is 0 Å². The number of carbonyl (C=O) groups excluding carboxylic acids is 1. The molecule has 3 rings (SSSR count). The Morgan fingerprint density at radius 3 is 2.31 bits per heavy atom. The Morgan fingerprint density at radius 1 is 1.00 bits per heavy atom. The van der Waals surface area contributed by atoms with Crippen LogP contribution in [0.5, 0.6) is 17.2 Å². The fraction of sp³-hybridized carbons (Fsp3) is 0.368. The summed E-state index contributed by atoms with van der Waals surface area (Å²) in [6.45, 7) is 2.06. The quantitative estimate of drug-likeness (QED) is 0.857. The van der Waals surface area contributed by atoms with Crippen LogP contribution in [0.15, 0.2) is 30.5 Å². The summed E-state index contributed by atoms with van der Waals surface area (Å²) in [6.07, 6.45) is 4.05. The Bertz CT molecular complexity index is 771. The van der Waals surface area contributed by atoms with Crippen molar-refractivity contribution in [1.29, 1.82) is 0 Å². The van der Waals surface area contributed by atoms with Crippen LogP contribution in [0, 0.1) is 0 Å². The molecule has 1 saturated heterocycles. The smallest absolute Gasteiger partial charge is 0.259 e. The Balaban J connectivity index is 1.79. The zero-order valence-electron chi connectivity index (χ0n) is 15.2. The molecule has 1 aliphatic rings. The van der Waals surface area contributed by atoms with Crippen LogP contribution < -0.4 is 24.4 Å². The second-order valence-corrected chi connectivity index (χ2v) is 5.94. The predicted molar refractivity (Wildman–Crippen MR) is 99.7 cm³/mol. The lowest BCUT2D eigenvalue weighted by molar-refractivity contribution is 0.102. The number of carbonyl (C=O) groups is 1. The van der Waals surface area contributed by atoms with E-state index in [9.17, 15) is 4.79 Å². The standard InChI is InChI=1S/C19H23N3O4/c1-24-15-8-7-14(17(25-2)18(15)26-3)19(23)21-13-6-9-16(20-12-13)22-10-4-5-11-22/h6-9,12H,4-5,10-11H2,1-3H3,(H,21,23). The number of aromatic nitrogens is 1. The lowest BCUT2D eigenvalue weighted by Gasteiger charge is -2.17. The number of amides is 1. The molecule has 0 bridgehead atoms. The minimum atomic E-state index is -0.307. The molecule has 7 heteroatoms. The highest BCUT2D eigenvalue weighted by Crippen LogP contribution is 2.39. The van der Waals surface area contributed by atoms with Gasteiger partial charge in [0.05, 0.1) is 38.8 Å². The van der Waals surface area contributed by atoms with E-state index in [4.69, 9.17) is 14.2 Å². The molecular formula is C19H23N3O4. The van der Waals surface area contributed by atoms with Gasteiger partial charge in [-0.15, -0.1) is 0 Å². The molecule has 0 atom stereocenters. The molecule has 1 fully saturated rings. The predicted octanol–water partition coefficient (Wildman–Crippen LogP) is 2.96. The van der Waals surface area contributed by atoms with Gasteiger partial charge in [-0.1, -0.05) is 0 Å². The van der Waals surface area contributed by atoms with Gasteiger partial charge >= 0.3 is 0 Å². The van der Waals surface area contributed by atoms with Crippen LogP contribution in [0.2, 0.25) is 0 Å². The van der Waals surface area contributed by atoms with E-state index in [2.05, 4.69) is 15.2 Å². The minimum Gasteiger partial charge on any atom is -0.493 e. The fourth-order valence-corrected chi connectivity index (χ4v) is 3.07. The molecule has 0 unspecified atom stereocenters. The number of pyridine rings is 1. The first-order valence-electron chi connectivity index (χ1n) is 8.49. The molecule has 2 aromatic rings. The molecule has 2 heterocycles. The van der Waals surface area contributed by atoms with Crippen molar-refractivity contribution in [3.63, 3.8) is 0 Å². The van der Waals surface area contributed by atoms with E-state index in [-0.39, 0.29) is 5.91 Å². The molecule has 1 aromatic heterocycles. The number of benzene rings is 1. The van der Waals surface area contributed by atoms with Crippen LogP contribution in [-0.4, -0.2) is 45.3 Å². The molecule has 138 valence electrons. The van der Waals surface area contributed by atoms with E-state index in [1.54, 1.807) is 18.3 Å². The number of ether oxygens (including phenoxy) is 3. The van der Waals surface area contributed by atoms with E-state index in [0.29, 0.717) is 28.5 Å². The maximum absolute atomic E-state index is 12.7. The number of hydrogen-bond acceptors (Lipinski definition) is 6. The molecule has 26 heavy (non-hydrogen) atoms. The van der Waals surface area contributed by atoms with Gasteiger partial charge in [0.15, 0.2) is 11.5 Å². The molecule has 1 aliphatic heterocycles. The largest absolute Gasteiger partial charge is 0.493 e. The van der Waals surface area contributed by atoms with Gasteiger partial charge in [0.1, 0.15) is 5.82 Å². The van der Waals surface area contributed by atoms with Crippen LogP contribution in [0.1, 0.15) is 23.2 Å². The first kappa shape index (κ1) is 17.8. The first-order chi connectivity index (χ1) is 12.7. The number of anilines is 2. The fourth-order valence-electron chi connectivity index (χ4n) is 3.07. The van der Waals surface area contributed by atoms with Crippen LogP contribution in [0.25, 0.3) is 0 Å². The summed E-state index contributed by atoms with van der Waals surface area (Å²) in [5.74, 6) is 1.83. The Labute approximate surface area is 152 Å². The van der Waals surface area contributed by atoms with Gasteiger partial charge in [-0.25, -0.2) is 4.98 Å². The van der Waals surface area contributed by atoms with E-state index in [0.717, 1.165) is 18.9 Å². The molecular weight excluding hydrogens is 334 g/mol. The highest BCUT2D eigenvalue weighted by molar-refractivity contribution is 6.07. The first-order valence-corrected chi connectivity index (χ1v) is 8.49. The van der Waals surface area contributed by atoms with E-state index < -0.39 is 0 Å². The Morgan fingerprint density at radius 2 is 1.73 bits per heavy atom. The maximum atomic E-state index is 12.7. The number of nitrogens with one attached hydrogen (secondary N) is 1. The van der Waals surface area contributed by atoms with Crippen LogP contribution in [0.3, 0.4) is 0 Å². The van der Waals surface area contributed by atoms with Crippen LogP contribution in [-0.2, 0) is 0 Å². The van der Waals surface area contributed by atoms with Gasteiger partial charge in [-0.3, -0.25) is 4.79 Å². The monoisotopic (exact) mass is 357 g/mol. The van der Waals surface area contributed by atoms with Crippen molar-refractivity contribution in [2.45, 2.75) is 12.8 Å². The summed E-state index contributed by atoms with van der Waals surface area (Å²) in [5.41, 5.74) is 0.976. The van der Waals surface area contributed by atoms with Crippen LogP contribution in [0.4, 0.5) is 11.5 Å². The van der Waals surface area contributed by atoms with Gasteiger partial charge in [0.25, 0.3) is 5.91 Å². The molecule has 0 aliphatic carbocycles. The van der Waals surface area contributed by atoms with E-state index >= 15 is 0 Å². The second-order valence-electron chi connectivity index (χ2n) is 5.94. The molecule has 0 saturated carbocycles. The Hall–Kier alpha value is -2.96. The molecule has 1 N–H and O–H groups in total. The minimum absolute atomic E-state index is 0.307. The van der Waals surface area contributed by atoms with Gasteiger partial charge < -0.3 is 24.4 Å². The third-order valence-electron chi connectivity index (χ3n) is 4.38. The number of hydrogen-bond donors (Lipinski definition) is 1. The summed E-state index contributed by atoms with van der Waals surface area (Å²) in [7, 11) is 4.52. The highest BCUT2D eigenvalue weighted by atomic mass is 16.5. The van der Waals surface area contributed by atoms with Crippen molar-refractivity contribution in [3.05, 3.63) is 36.0 Å². The highest BCUT2D eigenvalue weighted by Gasteiger charge is 2.21. The third-order valence-corrected chi connectivity index (χ3v) is 4.38. The number of rotatable bonds is 6. The molecule has 1 aromatic carbocycles. The Kier molecular flexibility index (Phi) is 5.46.